The van der Waals surface area contributed by atoms with E-state index in [0.717, 1.165) is 36.6 Å². The fourth-order valence-electron chi connectivity index (χ4n) is 2.87. The van der Waals surface area contributed by atoms with Gasteiger partial charge in [-0.1, -0.05) is 6.07 Å². The molecular weight excluding hydrogens is 497 g/mol. The zero-order valence-electron chi connectivity index (χ0n) is 18.3. The lowest BCUT2D eigenvalue weighted by Gasteiger charge is -2.14. The van der Waals surface area contributed by atoms with E-state index in [-0.39, 0.29) is 24.0 Å². The fourth-order valence-corrected chi connectivity index (χ4v) is 2.87. The Hall–Kier alpha value is -2.36. The Labute approximate surface area is 196 Å². The second kappa shape index (κ2) is 13.8. The molecule has 0 unspecified atom stereocenters. The smallest absolute Gasteiger partial charge is 0.195 e. The zero-order valence-corrected chi connectivity index (χ0v) is 20.6. The van der Waals surface area contributed by atoms with Gasteiger partial charge in [0, 0.05) is 25.3 Å². The monoisotopic (exact) mass is 529 g/mol. The number of ether oxygens (including phenoxy) is 4. The van der Waals surface area contributed by atoms with Gasteiger partial charge in [-0.25, -0.2) is 0 Å². The first kappa shape index (κ1) is 25.7. The van der Waals surface area contributed by atoms with E-state index in [1.165, 1.54) is 5.56 Å². The third-order valence-electron chi connectivity index (χ3n) is 4.33. The Morgan fingerprint density at radius 1 is 0.900 bits per heavy atom. The highest BCUT2D eigenvalue weighted by molar-refractivity contribution is 14.0. The Balaban J connectivity index is 0.00000450. The molecule has 0 spiro atoms. The maximum atomic E-state index is 5.64. The molecule has 8 heteroatoms. The third kappa shape index (κ3) is 7.47. The maximum absolute atomic E-state index is 5.64. The lowest BCUT2D eigenvalue weighted by molar-refractivity contribution is 0.310. The summed E-state index contributed by atoms with van der Waals surface area (Å²) in [5, 5.41) is 6.59. The van der Waals surface area contributed by atoms with Crippen LogP contribution in [0.15, 0.2) is 41.4 Å². The fraction of sp³-hybridized carbons (Fsp3) is 0.409. The standard InChI is InChI=1S/C22H31N3O4.HI/c1-6-29-21-14-16(9-11-19(21)27-4)8-7-13-24-22(23-2)25-17-10-12-18(26-3)20(15-17)28-5;/h9-12,14-15H,6-8,13H2,1-5H3,(H2,23,24,25);1H. The largest absolute Gasteiger partial charge is 0.493 e. The number of anilines is 1. The topological polar surface area (TPSA) is 73.3 Å². The minimum Gasteiger partial charge on any atom is -0.493 e. The number of aryl methyl sites for hydroxylation is 1. The van der Waals surface area contributed by atoms with Crippen LogP contribution in [-0.4, -0.2) is 47.5 Å². The molecule has 7 nitrogen and oxygen atoms in total. The molecule has 2 N–H and O–H groups in total. The summed E-state index contributed by atoms with van der Waals surface area (Å²) in [6.07, 6.45) is 1.87. The molecule has 166 valence electrons. The molecule has 0 atom stereocenters. The number of halogens is 1. The summed E-state index contributed by atoms with van der Waals surface area (Å²) in [5.41, 5.74) is 2.08. The molecule has 0 aliphatic rings. The van der Waals surface area contributed by atoms with Crippen molar-refractivity contribution in [1.82, 2.24) is 5.32 Å². The number of hydrogen-bond donors (Lipinski definition) is 2. The average Bonchev–Trinajstić information content (AvgIpc) is 2.76. The van der Waals surface area contributed by atoms with Crippen LogP contribution in [0.3, 0.4) is 0 Å². The molecule has 30 heavy (non-hydrogen) atoms. The van der Waals surface area contributed by atoms with Crippen LogP contribution in [0.1, 0.15) is 18.9 Å². The normalized spacial score (nSPS) is 10.6. The van der Waals surface area contributed by atoms with E-state index >= 15 is 0 Å². The highest BCUT2D eigenvalue weighted by Crippen LogP contribution is 2.30. The summed E-state index contributed by atoms with van der Waals surface area (Å²) in [7, 11) is 6.63. The Bertz CT molecular complexity index is 815. The van der Waals surface area contributed by atoms with Crippen LogP contribution in [0.5, 0.6) is 23.0 Å². The van der Waals surface area contributed by atoms with E-state index < -0.39 is 0 Å². The molecule has 0 aliphatic carbocycles. The number of nitrogens with zero attached hydrogens (tertiary/aromatic N) is 1. The van der Waals surface area contributed by atoms with Crippen molar-refractivity contribution < 1.29 is 18.9 Å². The predicted octanol–water partition coefficient (Wildman–Crippen LogP) is 4.35. The summed E-state index contributed by atoms with van der Waals surface area (Å²) in [5.74, 6) is 3.59. The number of aliphatic imine (C=N–C) groups is 1. The Morgan fingerprint density at radius 3 is 2.20 bits per heavy atom. The maximum Gasteiger partial charge on any atom is 0.195 e. The lowest BCUT2D eigenvalue weighted by atomic mass is 10.1. The summed E-state index contributed by atoms with van der Waals surface area (Å²) >= 11 is 0. The predicted molar refractivity (Wildman–Crippen MR) is 132 cm³/mol. The van der Waals surface area contributed by atoms with Crippen molar-refractivity contribution in [3.05, 3.63) is 42.0 Å². The van der Waals surface area contributed by atoms with Crippen molar-refractivity contribution in [3.8, 4) is 23.0 Å². The van der Waals surface area contributed by atoms with Crippen molar-refractivity contribution in [2.45, 2.75) is 19.8 Å². The van der Waals surface area contributed by atoms with Gasteiger partial charge >= 0.3 is 0 Å². The minimum absolute atomic E-state index is 0. The van der Waals surface area contributed by atoms with Gasteiger partial charge in [0.2, 0.25) is 0 Å². The van der Waals surface area contributed by atoms with E-state index in [2.05, 4.69) is 21.7 Å². The molecule has 2 aromatic carbocycles. The van der Waals surface area contributed by atoms with Gasteiger partial charge in [0.05, 0.1) is 27.9 Å². The van der Waals surface area contributed by atoms with Crippen molar-refractivity contribution in [3.63, 3.8) is 0 Å². The number of benzene rings is 2. The van der Waals surface area contributed by atoms with E-state index in [1.807, 2.05) is 37.3 Å². The van der Waals surface area contributed by atoms with E-state index in [0.29, 0.717) is 24.1 Å². The van der Waals surface area contributed by atoms with Crippen molar-refractivity contribution in [2.75, 3.05) is 46.8 Å². The molecule has 0 fully saturated rings. The minimum atomic E-state index is 0. The number of nitrogens with one attached hydrogen (secondary N) is 2. The van der Waals surface area contributed by atoms with Gasteiger partial charge in [-0.15, -0.1) is 24.0 Å². The number of rotatable bonds is 10. The molecule has 0 radical (unpaired) electrons. The van der Waals surface area contributed by atoms with Gasteiger partial charge in [0.25, 0.3) is 0 Å². The molecule has 0 heterocycles. The molecule has 0 bridgehead atoms. The van der Waals surface area contributed by atoms with Crippen LogP contribution < -0.4 is 29.6 Å². The SMILES string of the molecule is CCOc1cc(CCCNC(=NC)Nc2ccc(OC)c(OC)c2)ccc1OC.I. The second-order valence-electron chi connectivity index (χ2n) is 6.22. The highest BCUT2D eigenvalue weighted by atomic mass is 127. The van der Waals surface area contributed by atoms with Crippen LogP contribution in [0, 0.1) is 0 Å². The third-order valence-corrected chi connectivity index (χ3v) is 4.33. The summed E-state index contributed by atoms with van der Waals surface area (Å²) in [4.78, 5) is 4.27. The molecule has 0 saturated heterocycles. The van der Waals surface area contributed by atoms with Crippen LogP contribution >= 0.6 is 24.0 Å². The van der Waals surface area contributed by atoms with E-state index in [1.54, 1.807) is 28.4 Å². The zero-order chi connectivity index (χ0) is 21.1. The summed E-state index contributed by atoms with van der Waals surface area (Å²) in [6, 6.07) is 11.7. The van der Waals surface area contributed by atoms with Crippen molar-refractivity contribution >= 4 is 35.6 Å². The van der Waals surface area contributed by atoms with Crippen LogP contribution in [0.4, 0.5) is 5.69 Å². The van der Waals surface area contributed by atoms with Gasteiger partial charge in [-0.05, 0) is 49.6 Å². The van der Waals surface area contributed by atoms with Crippen LogP contribution in [0.2, 0.25) is 0 Å². The van der Waals surface area contributed by atoms with Gasteiger partial charge in [-0.3, -0.25) is 4.99 Å². The molecule has 0 aromatic heterocycles. The number of methoxy groups -OCH3 is 3. The molecule has 2 rings (SSSR count). The molecule has 0 aliphatic heterocycles. The van der Waals surface area contributed by atoms with Gasteiger partial charge in [0.15, 0.2) is 29.0 Å². The average molecular weight is 529 g/mol. The van der Waals surface area contributed by atoms with Gasteiger partial charge < -0.3 is 29.6 Å². The Kier molecular flexibility index (Phi) is 11.8. The highest BCUT2D eigenvalue weighted by Gasteiger charge is 2.07. The summed E-state index contributed by atoms with van der Waals surface area (Å²) in [6.45, 7) is 3.36. The number of hydrogen-bond acceptors (Lipinski definition) is 5. The van der Waals surface area contributed by atoms with E-state index in [9.17, 15) is 0 Å². The van der Waals surface area contributed by atoms with Crippen LogP contribution in [-0.2, 0) is 6.42 Å². The molecule has 2 aromatic rings. The lowest BCUT2D eigenvalue weighted by Crippen LogP contribution is -2.31. The van der Waals surface area contributed by atoms with Gasteiger partial charge in [-0.2, -0.15) is 0 Å². The first-order valence-corrected chi connectivity index (χ1v) is 9.64. The van der Waals surface area contributed by atoms with Gasteiger partial charge in [0.1, 0.15) is 0 Å². The number of guanidine groups is 1. The van der Waals surface area contributed by atoms with Crippen LogP contribution in [0.25, 0.3) is 0 Å². The first-order valence-electron chi connectivity index (χ1n) is 9.64. The summed E-state index contributed by atoms with van der Waals surface area (Å²) < 4.78 is 21.6. The van der Waals surface area contributed by atoms with Crippen molar-refractivity contribution in [2.24, 2.45) is 4.99 Å². The van der Waals surface area contributed by atoms with Crippen molar-refractivity contribution in [1.29, 1.82) is 0 Å². The Morgan fingerprint density at radius 2 is 1.57 bits per heavy atom. The molecular formula is C22H32IN3O4. The molecule has 0 amide bonds. The first-order chi connectivity index (χ1) is 14.1. The quantitative estimate of drug-likeness (QED) is 0.207. The second-order valence-corrected chi connectivity index (χ2v) is 6.22. The van der Waals surface area contributed by atoms with E-state index in [4.69, 9.17) is 18.9 Å². The molecule has 0 saturated carbocycles.